The number of aryl methyl sites for hydroxylation is 2. The second kappa shape index (κ2) is 6.15. The number of thiazole rings is 1. The third-order valence-electron chi connectivity index (χ3n) is 2.93. The van der Waals surface area contributed by atoms with Gasteiger partial charge in [0, 0.05) is 18.5 Å². The van der Waals surface area contributed by atoms with E-state index in [9.17, 15) is 4.79 Å². The summed E-state index contributed by atoms with van der Waals surface area (Å²) >= 11 is 1.43. The maximum absolute atomic E-state index is 12.1. The molecule has 0 saturated heterocycles. The van der Waals surface area contributed by atoms with Crippen molar-refractivity contribution in [2.45, 2.75) is 26.8 Å². The van der Waals surface area contributed by atoms with Gasteiger partial charge in [-0.05, 0) is 26.5 Å². The van der Waals surface area contributed by atoms with Gasteiger partial charge in [0.15, 0.2) is 5.13 Å². The maximum Gasteiger partial charge on any atom is 0.275 e. The lowest BCUT2D eigenvalue weighted by Gasteiger charge is -2.08. The highest BCUT2D eigenvalue weighted by atomic mass is 32.1. The highest BCUT2D eigenvalue weighted by Gasteiger charge is 2.15. The summed E-state index contributed by atoms with van der Waals surface area (Å²) in [5, 5.41) is 12.8. The summed E-state index contributed by atoms with van der Waals surface area (Å²) < 4.78 is 1.57. The van der Waals surface area contributed by atoms with Gasteiger partial charge < -0.3 is 5.32 Å². The number of aromatic nitrogens is 3. The summed E-state index contributed by atoms with van der Waals surface area (Å²) in [6, 6.07) is 1.94. The molecule has 2 aromatic heterocycles. The van der Waals surface area contributed by atoms with Gasteiger partial charge in [0.2, 0.25) is 0 Å². The molecule has 0 radical (unpaired) electrons. The van der Waals surface area contributed by atoms with Crippen molar-refractivity contribution in [3.8, 4) is 0 Å². The van der Waals surface area contributed by atoms with E-state index in [0.29, 0.717) is 10.8 Å². The maximum atomic E-state index is 12.1. The molecule has 0 saturated carbocycles. The van der Waals surface area contributed by atoms with Crippen molar-refractivity contribution in [2.24, 2.45) is 7.05 Å². The molecule has 0 aromatic carbocycles. The molecule has 6 nitrogen and oxygen atoms in total. The van der Waals surface area contributed by atoms with E-state index in [4.69, 9.17) is 0 Å². The molecule has 7 heteroatoms. The Hall–Kier alpha value is -1.73. The van der Waals surface area contributed by atoms with Gasteiger partial charge in [-0.2, -0.15) is 5.10 Å². The summed E-state index contributed by atoms with van der Waals surface area (Å²) in [5.41, 5.74) is 2.28. The molecule has 2 N–H and O–H groups in total. The minimum atomic E-state index is -0.190. The van der Waals surface area contributed by atoms with Crippen molar-refractivity contribution in [3.63, 3.8) is 0 Å². The zero-order valence-electron chi connectivity index (χ0n) is 12.1. The van der Waals surface area contributed by atoms with Crippen LogP contribution in [-0.4, -0.2) is 27.2 Å². The van der Waals surface area contributed by atoms with Crippen LogP contribution in [0.25, 0.3) is 0 Å². The SMILES string of the molecule is CCNC(C)c1csc(NC(=O)c2cc(C)nn2C)n1. The van der Waals surface area contributed by atoms with Crippen molar-refractivity contribution in [2.75, 3.05) is 11.9 Å². The summed E-state index contributed by atoms with van der Waals surface area (Å²) in [6.45, 7) is 6.84. The van der Waals surface area contributed by atoms with E-state index < -0.39 is 0 Å². The van der Waals surface area contributed by atoms with E-state index in [0.717, 1.165) is 17.9 Å². The minimum absolute atomic E-state index is 0.181. The molecular formula is C13H19N5OS. The van der Waals surface area contributed by atoms with Gasteiger partial charge in [-0.25, -0.2) is 4.98 Å². The Bertz CT molecular complexity index is 604. The number of carbonyl (C=O) groups excluding carboxylic acids is 1. The Morgan fingerprint density at radius 2 is 2.30 bits per heavy atom. The predicted molar refractivity (Wildman–Crippen MR) is 80.1 cm³/mol. The second-order valence-corrected chi connectivity index (χ2v) is 5.46. The van der Waals surface area contributed by atoms with E-state index in [2.05, 4.69) is 34.6 Å². The Balaban J connectivity index is 2.07. The lowest BCUT2D eigenvalue weighted by molar-refractivity contribution is 0.101. The topological polar surface area (TPSA) is 71.8 Å². The van der Waals surface area contributed by atoms with Crippen LogP contribution in [0.2, 0.25) is 0 Å². The third kappa shape index (κ3) is 3.23. The Morgan fingerprint density at radius 1 is 1.55 bits per heavy atom. The first-order chi connectivity index (χ1) is 9.51. The van der Waals surface area contributed by atoms with Crippen LogP contribution in [0.4, 0.5) is 5.13 Å². The van der Waals surface area contributed by atoms with Crippen molar-refractivity contribution < 1.29 is 4.79 Å². The fourth-order valence-corrected chi connectivity index (χ4v) is 2.74. The van der Waals surface area contributed by atoms with Gasteiger partial charge in [0.1, 0.15) is 5.69 Å². The molecular weight excluding hydrogens is 274 g/mol. The van der Waals surface area contributed by atoms with Crippen molar-refractivity contribution in [1.29, 1.82) is 0 Å². The van der Waals surface area contributed by atoms with Gasteiger partial charge in [0.25, 0.3) is 5.91 Å². The van der Waals surface area contributed by atoms with Crippen LogP contribution >= 0.6 is 11.3 Å². The van der Waals surface area contributed by atoms with E-state index in [1.165, 1.54) is 11.3 Å². The van der Waals surface area contributed by atoms with Gasteiger partial charge in [-0.3, -0.25) is 14.8 Å². The van der Waals surface area contributed by atoms with Crippen LogP contribution in [0.5, 0.6) is 0 Å². The monoisotopic (exact) mass is 293 g/mol. The van der Waals surface area contributed by atoms with Crippen LogP contribution in [0.1, 0.15) is 41.8 Å². The molecule has 0 fully saturated rings. The molecule has 108 valence electrons. The highest BCUT2D eigenvalue weighted by Crippen LogP contribution is 2.21. The Labute approximate surface area is 122 Å². The number of carbonyl (C=O) groups is 1. The smallest absolute Gasteiger partial charge is 0.275 e. The number of hydrogen-bond acceptors (Lipinski definition) is 5. The normalized spacial score (nSPS) is 12.4. The molecule has 0 aliphatic heterocycles. The average Bonchev–Trinajstić information content (AvgIpc) is 2.96. The van der Waals surface area contributed by atoms with Crippen molar-refractivity contribution in [1.82, 2.24) is 20.1 Å². The number of anilines is 1. The van der Waals surface area contributed by atoms with Crippen molar-refractivity contribution in [3.05, 3.63) is 28.5 Å². The average molecular weight is 293 g/mol. The summed E-state index contributed by atoms with van der Waals surface area (Å²) in [4.78, 5) is 16.6. The molecule has 20 heavy (non-hydrogen) atoms. The molecule has 2 heterocycles. The zero-order valence-corrected chi connectivity index (χ0v) is 12.9. The van der Waals surface area contributed by atoms with Crippen molar-refractivity contribution >= 4 is 22.4 Å². The summed E-state index contributed by atoms with van der Waals surface area (Å²) in [7, 11) is 1.75. The summed E-state index contributed by atoms with van der Waals surface area (Å²) in [5.74, 6) is -0.190. The number of amides is 1. The van der Waals surface area contributed by atoms with Crippen LogP contribution in [0, 0.1) is 6.92 Å². The van der Waals surface area contributed by atoms with Gasteiger partial charge in [-0.1, -0.05) is 6.92 Å². The third-order valence-corrected chi connectivity index (χ3v) is 3.71. The molecule has 1 amide bonds. The molecule has 0 aliphatic carbocycles. The quantitative estimate of drug-likeness (QED) is 0.885. The largest absolute Gasteiger partial charge is 0.309 e. The standard InChI is InChI=1S/C13H19N5OS/c1-5-14-9(3)10-7-20-13(15-10)16-12(19)11-6-8(2)17-18(11)4/h6-7,9,14H,5H2,1-4H3,(H,15,16,19). The van der Waals surface area contributed by atoms with Crippen LogP contribution in [0.3, 0.4) is 0 Å². The van der Waals surface area contributed by atoms with Crippen LogP contribution in [0.15, 0.2) is 11.4 Å². The number of hydrogen-bond donors (Lipinski definition) is 2. The lowest BCUT2D eigenvalue weighted by atomic mass is 10.3. The van der Waals surface area contributed by atoms with E-state index in [1.54, 1.807) is 17.8 Å². The van der Waals surface area contributed by atoms with E-state index in [1.807, 2.05) is 12.3 Å². The van der Waals surface area contributed by atoms with Gasteiger partial charge >= 0.3 is 0 Å². The van der Waals surface area contributed by atoms with Crippen LogP contribution in [-0.2, 0) is 7.05 Å². The molecule has 1 atom stereocenters. The lowest BCUT2D eigenvalue weighted by Crippen LogP contribution is -2.18. The molecule has 0 spiro atoms. The van der Waals surface area contributed by atoms with E-state index >= 15 is 0 Å². The predicted octanol–water partition coefficient (Wildman–Crippen LogP) is 2.11. The summed E-state index contributed by atoms with van der Waals surface area (Å²) in [6.07, 6.45) is 0. The van der Waals surface area contributed by atoms with Crippen LogP contribution < -0.4 is 10.6 Å². The zero-order chi connectivity index (χ0) is 14.7. The first-order valence-electron chi connectivity index (χ1n) is 6.52. The first kappa shape index (κ1) is 14.7. The number of rotatable bonds is 5. The highest BCUT2D eigenvalue weighted by molar-refractivity contribution is 7.14. The molecule has 2 rings (SSSR count). The molecule has 1 unspecified atom stereocenters. The number of nitrogens with zero attached hydrogens (tertiary/aromatic N) is 3. The van der Waals surface area contributed by atoms with Gasteiger partial charge in [-0.15, -0.1) is 11.3 Å². The second-order valence-electron chi connectivity index (χ2n) is 4.61. The Morgan fingerprint density at radius 3 is 2.90 bits per heavy atom. The molecule has 0 aliphatic rings. The van der Waals surface area contributed by atoms with E-state index in [-0.39, 0.29) is 11.9 Å². The fourth-order valence-electron chi connectivity index (χ4n) is 1.94. The fraction of sp³-hybridized carbons (Fsp3) is 0.462. The molecule has 2 aromatic rings. The number of nitrogens with one attached hydrogen (secondary N) is 2. The minimum Gasteiger partial charge on any atom is -0.309 e. The Kier molecular flexibility index (Phi) is 4.51. The molecule has 0 bridgehead atoms. The van der Waals surface area contributed by atoms with Gasteiger partial charge in [0.05, 0.1) is 11.4 Å². The first-order valence-corrected chi connectivity index (χ1v) is 7.40.